The molecule has 9 heteroatoms. The monoisotopic (exact) mass is 360 g/mol. The van der Waals surface area contributed by atoms with Crippen LogP contribution in [0.25, 0.3) is 0 Å². The van der Waals surface area contributed by atoms with Gasteiger partial charge in [0.1, 0.15) is 0 Å². The highest BCUT2D eigenvalue weighted by Crippen LogP contribution is 2.23. The molecule has 0 radical (unpaired) electrons. The van der Waals surface area contributed by atoms with E-state index in [2.05, 4.69) is 20.8 Å². The number of aromatic amines is 1. The second-order valence-electron chi connectivity index (χ2n) is 5.40. The third-order valence-electron chi connectivity index (χ3n) is 3.61. The molecule has 3 N–H and O–H groups in total. The Bertz CT molecular complexity index is 730. The Labute approximate surface area is 142 Å². The van der Waals surface area contributed by atoms with E-state index in [-0.39, 0.29) is 23.7 Å². The molecule has 1 aromatic carbocycles. The van der Waals surface area contributed by atoms with Crippen LogP contribution in [-0.2, 0) is 19.4 Å². The number of amides is 1. The Hall–Kier alpha value is -2.06. The van der Waals surface area contributed by atoms with E-state index in [9.17, 15) is 18.0 Å². The number of H-pyrrole nitrogens is 1. The summed E-state index contributed by atoms with van der Waals surface area (Å²) in [5.41, 5.74) is 2.41. The third-order valence-corrected chi connectivity index (χ3v) is 3.61. The zero-order valence-electron chi connectivity index (χ0n) is 12.5. The Kier molecular flexibility index (Phi) is 5.51. The Morgan fingerprint density at radius 2 is 2.12 bits per heavy atom. The van der Waals surface area contributed by atoms with Crippen molar-refractivity contribution in [2.75, 3.05) is 11.9 Å². The summed E-state index contributed by atoms with van der Waals surface area (Å²) < 4.78 is 37.3. The number of hydrogen-bond donors (Lipinski definition) is 3. The molecule has 0 aliphatic carbocycles. The molecule has 5 nitrogen and oxygen atoms in total. The van der Waals surface area contributed by atoms with Crippen LogP contribution in [0.15, 0.2) is 24.3 Å². The van der Waals surface area contributed by atoms with Crippen LogP contribution in [0.5, 0.6) is 0 Å². The molecule has 0 spiro atoms. The SMILES string of the molecule is Cl.O=C(Nc1cccc(CC(F)(F)F)c1)c1n[nH]c2c1CNCC2. The average molecular weight is 361 g/mol. The molecular formula is C15H16ClF3N4O. The van der Waals surface area contributed by atoms with Gasteiger partial charge in [-0.15, -0.1) is 12.4 Å². The molecule has 0 fully saturated rings. The predicted octanol–water partition coefficient (Wildman–Crippen LogP) is 2.83. The zero-order chi connectivity index (χ0) is 16.4. The second-order valence-corrected chi connectivity index (χ2v) is 5.40. The summed E-state index contributed by atoms with van der Waals surface area (Å²) in [6.07, 6.45) is -4.55. The van der Waals surface area contributed by atoms with Crippen molar-refractivity contribution in [3.05, 3.63) is 46.8 Å². The fraction of sp³-hybridized carbons (Fsp3) is 0.333. The minimum atomic E-state index is -4.28. The topological polar surface area (TPSA) is 69.8 Å². The first kappa shape index (κ1) is 18.3. The van der Waals surface area contributed by atoms with Gasteiger partial charge >= 0.3 is 6.18 Å². The van der Waals surface area contributed by atoms with Crippen molar-refractivity contribution in [2.24, 2.45) is 0 Å². The molecule has 0 saturated heterocycles. The van der Waals surface area contributed by atoms with Crippen LogP contribution in [0.2, 0.25) is 0 Å². The van der Waals surface area contributed by atoms with E-state index in [1.165, 1.54) is 18.2 Å². The predicted molar refractivity (Wildman–Crippen MR) is 85.4 cm³/mol. The fourth-order valence-electron chi connectivity index (χ4n) is 2.59. The van der Waals surface area contributed by atoms with Crippen LogP contribution < -0.4 is 10.6 Å². The second kappa shape index (κ2) is 7.23. The number of nitrogens with one attached hydrogen (secondary N) is 3. The van der Waals surface area contributed by atoms with Gasteiger partial charge in [0.25, 0.3) is 5.91 Å². The molecule has 0 bridgehead atoms. The summed E-state index contributed by atoms with van der Waals surface area (Å²) >= 11 is 0. The lowest BCUT2D eigenvalue weighted by Gasteiger charge is -2.13. The number of nitrogens with zero attached hydrogens (tertiary/aromatic N) is 1. The lowest BCUT2D eigenvalue weighted by molar-refractivity contribution is -0.127. The zero-order valence-corrected chi connectivity index (χ0v) is 13.4. The highest BCUT2D eigenvalue weighted by molar-refractivity contribution is 6.04. The number of carbonyl (C=O) groups excluding carboxylic acids is 1. The van der Waals surface area contributed by atoms with Crippen molar-refractivity contribution >= 4 is 24.0 Å². The molecule has 0 atom stereocenters. The minimum Gasteiger partial charge on any atom is -0.321 e. The van der Waals surface area contributed by atoms with Gasteiger partial charge in [-0.2, -0.15) is 18.3 Å². The van der Waals surface area contributed by atoms with E-state index >= 15 is 0 Å². The summed E-state index contributed by atoms with van der Waals surface area (Å²) in [6, 6.07) is 5.74. The summed E-state index contributed by atoms with van der Waals surface area (Å²) in [6.45, 7) is 1.36. The van der Waals surface area contributed by atoms with Gasteiger partial charge in [-0.1, -0.05) is 12.1 Å². The van der Waals surface area contributed by atoms with Gasteiger partial charge in [0.15, 0.2) is 5.69 Å². The van der Waals surface area contributed by atoms with Crippen molar-refractivity contribution < 1.29 is 18.0 Å². The summed E-state index contributed by atoms with van der Waals surface area (Å²) in [5.74, 6) is -0.435. The van der Waals surface area contributed by atoms with Gasteiger partial charge in [0.05, 0.1) is 6.42 Å². The highest BCUT2D eigenvalue weighted by atomic mass is 35.5. The van der Waals surface area contributed by atoms with Crippen LogP contribution in [0.4, 0.5) is 18.9 Å². The molecule has 0 unspecified atom stereocenters. The molecule has 1 aliphatic rings. The number of benzene rings is 1. The molecular weight excluding hydrogens is 345 g/mol. The van der Waals surface area contributed by atoms with Crippen LogP contribution in [0, 0.1) is 0 Å². The lowest BCUT2D eigenvalue weighted by atomic mass is 10.1. The number of fused-ring (bicyclic) bond motifs is 1. The standard InChI is InChI=1S/C15H15F3N4O.ClH/c16-15(17,18)7-9-2-1-3-10(6-9)20-14(23)13-11-8-19-5-4-12(11)21-22-13;/h1-3,6,19H,4-5,7-8H2,(H,20,23)(H,21,22);1H. The first-order chi connectivity index (χ1) is 10.9. The number of rotatable bonds is 3. The van der Waals surface area contributed by atoms with E-state index in [0.29, 0.717) is 12.2 Å². The minimum absolute atomic E-state index is 0. The van der Waals surface area contributed by atoms with E-state index < -0.39 is 18.5 Å². The van der Waals surface area contributed by atoms with Crippen molar-refractivity contribution in [3.8, 4) is 0 Å². The molecule has 24 heavy (non-hydrogen) atoms. The normalized spacial score (nSPS) is 13.8. The van der Waals surface area contributed by atoms with Gasteiger partial charge in [-0.3, -0.25) is 9.89 Å². The smallest absolute Gasteiger partial charge is 0.321 e. The molecule has 2 heterocycles. The van der Waals surface area contributed by atoms with Gasteiger partial charge in [0.2, 0.25) is 0 Å². The number of halogens is 4. The Balaban J connectivity index is 0.00000208. The maximum Gasteiger partial charge on any atom is 0.393 e. The number of hydrogen-bond acceptors (Lipinski definition) is 3. The molecule has 130 valence electrons. The molecule has 1 aromatic heterocycles. The Morgan fingerprint density at radius 1 is 1.33 bits per heavy atom. The summed E-state index contributed by atoms with van der Waals surface area (Å²) in [7, 11) is 0. The van der Waals surface area contributed by atoms with Crippen molar-refractivity contribution in [3.63, 3.8) is 0 Å². The van der Waals surface area contributed by atoms with Crippen LogP contribution in [0.3, 0.4) is 0 Å². The van der Waals surface area contributed by atoms with E-state index in [4.69, 9.17) is 0 Å². The largest absolute Gasteiger partial charge is 0.393 e. The van der Waals surface area contributed by atoms with Crippen molar-refractivity contribution in [1.82, 2.24) is 15.5 Å². The first-order valence-electron chi connectivity index (χ1n) is 7.16. The maximum atomic E-state index is 12.4. The van der Waals surface area contributed by atoms with E-state index in [0.717, 1.165) is 24.2 Å². The van der Waals surface area contributed by atoms with E-state index in [1.807, 2.05) is 0 Å². The maximum absolute atomic E-state index is 12.4. The Morgan fingerprint density at radius 3 is 2.88 bits per heavy atom. The molecule has 0 saturated carbocycles. The van der Waals surface area contributed by atoms with Crippen LogP contribution in [0.1, 0.15) is 27.3 Å². The quantitative estimate of drug-likeness (QED) is 0.788. The molecule has 3 rings (SSSR count). The molecule has 1 amide bonds. The molecule has 2 aromatic rings. The van der Waals surface area contributed by atoms with Gasteiger partial charge < -0.3 is 10.6 Å². The number of anilines is 1. The van der Waals surface area contributed by atoms with Crippen LogP contribution >= 0.6 is 12.4 Å². The molecule has 1 aliphatic heterocycles. The first-order valence-corrected chi connectivity index (χ1v) is 7.16. The van der Waals surface area contributed by atoms with Crippen LogP contribution in [-0.4, -0.2) is 28.8 Å². The average Bonchev–Trinajstić information content (AvgIpc) is 2.89. The lowest BCUT2D eigenvalue weighted by Crippen LogP contribution is -2.25. The third kappa shape index (κ3) is 4.27. The van der Waals surface area contributed by atoms with Gasteiger partial charge in [-0.25, -0.2) is 0 Å². The summed E-state index contributed by atoms with van der Waals surface area (Å²) in [4.78, 5) is 12.3. The number of aromatic nitrogens is 2. The highest BCUT2D eigenvalue weighted by Gasteiger charge is 2.27. The van der Waals surface area contributed by atoms with Gasteiger partial charge in [-0.05, 0) is 17.7 Å². The van der Waals surface area contributed by atoms with Crippen molar-refractivity contribution in [1.29, 1.82) is 0 Å². The van der Waals surface area contributed by atoms with E-state index in [1.54, 1.807) is 6.07 Å². The van der Waals surface area contributed by atoms with Gasteiger partial charge in [0, 0.05) is 36.5 Å². The number of carbonyl (C=O) groups is 1. The van der Waals surface area contributed by atoms with Crippen molar-refractivity contribution in [2.45, 2.75) is 25.6 Å². The fourth-order valence-corrected chi connectivity index (χ4v) is 2.59. The summed E-state index contributed by atoms with van der Waals surface area (Å²) in [5, 5.41) is 12.6. The number of alkyl halides is 3.